The van der Waals surface area contributed by atoms with Gasteiger partial charge < -0.3 is 9.73 Å². The lowest BCUT2D eigenvalue weighted by molar-refractivity contribution is 0.0934. The fourth-order valence-electron chi connectivity index (χ4n) is 0.808. The summed E-state index contributed by atoms with van der Waals surface area (Å²) >= 11 is 0. The summed E-state index contributed by atoms with van der Waals surface area (Å²) in [7, 11) is 1.58. The van der Waals surface area contributed by atoms with Crippen LogP contribution in [0.15, 0.2) is 10.5 Å². The number of hydrogen-bond donors (Lipinski definition) is 1. The summed E-state index contributed by atoms with van der Waals surface area (Å²) in [6.07, 6.45) is 0. The highest BCUT2D eigenvalue weighted by Gasteiger charge is 2.09. The van der Waals surface area contributed by atoms with Crippen molar-refractivity contribution in [2.45, 2.75) is 13.8 Å². The smallest absolute Gasteiger partial charge is 0.286 e. The van der Waals surface area contributed by atoms with E-state index in [2.05, 4.69) is 5.32 Å². The van der Waals surface area contributed by atoms with E-state index in [0.717, 1.165) is 11.3 Å². The molecule has 0 aromatic carbocycles. The van der Waals surface area contributed by atoms with Gasteiger partial charge in [-0.1, -0.05) is 0 Å². The first-order chi connectivity index (χ1) is 5.15. The highest BCUT2D eigenvalue weighted by atomic mass is 16.3. The Morgan fingerprint density at radius 1 is 1.55 bits per heavy atom. The molecule has 0 unspecified atom stereocenters. The second kappa shape index (κ2) is 2.78. The van der Waals surface area contributed by atoms with Crippen LogP contribution in [-0.4, -0.2) is 13.0 Å². The normalized spacial score (nSPS) is 9.73. The maximum atomic E-state index is 11.0. The van der Waals surface area contributed by atoms with E-state index in [9.17, 15) is 4.79 Å². The Morgan fingerprint density at radius 3 is 2.55 bits per heavy atom. The number of furan rings is 1. The zero-order chi connectivity index (χ0) is 8.43. The molecule has 11 heavy (non-hydrogen) atoms. The van der Waals surface area contributed by atoms with Gasteiger partial charge >= 0.3 is 0 Å². The number of nitrogens with one attached hydrogen (secondary N) is 1. The van der Waals surface area contributed by atoms with Gasteiger partial charge in [-0.3, -0.25) is 4.79 Å². The fourth-order valence-corrected chi connectivity index (χ4v) is 0.808. The quantitative estimate of drug-likeness (QED) is 0.659. The number of carbonyl (C=O) groups is 1. The topological polar surface area (TPSA) is 42.2 Å². The third kappa shape index (κ3) is 1.42. The molecule has 1 rings (SSSR count). The highest BCUT2D eigenvalue weighted by Crippen LogP contribution is 2.12. The molecular weight excluding hydrogens is 142 g/mol. The molecule has 0 saturated heterocycles. The molecule has 3 nitrogen and oxygen atoms in total. The Kier molecular flexibility index (Phi) is 1.98. The van der Waals surface area contributed by atoms with Crippen LogP contribution < -0.4 is 5.32 Å². The van der Waals surface area contributed by atoms with Crippen molar-refractivity contribution in [1.82, 2.24) is 5.32 Å². The van der Waals surface area contributed by atoms with E-state index in [4.69, 9.17) is 4.42 Å². The minimum absolute atomic E-state index is 0.179. The van der Waals surface area contributed by atoms with Gasteiger partial charge in [-0.2, -0.15) is 0 Å². The molecule has 0 atom stereocenters. The maximum absolute atomic E-state index is 11.0. The van der Waals surface area contributed by atoms with Crippen molar-refractivity contribution >= 4 is 5.91 Å². The maximum Gasteiger partial charge on any atom is 0.286 e. The third-order valence-corrected chi connectivity index (χ3v) is 1.62. The molecule has 0 radical (unpaired) electrons. The van der Waals surface area contributed by atoms with Crippen LogP contribution in [0.1, 0.15) is 21.9 Å². The van der Waals surface area contributed by atoms with Crippen LogP contribution in [0.25, 0.3) is 0 Å². The van der Waals surface area contributed by atoms with Crippen LogP contribution in [0, 0.1) is 13.8 Å². The summed E-state index contributed by atoms with van der Waals surface area (Å²) in [5.74, 6) is 0.993. The molecular formula is C8H11NO2. The lowest BCUT2D eigenvalue weighted by Crippen LogP contribution is -2.16. The largest absolute Gasteiger partial charge is 0.456 e. The van der Waals surface area contributed by atoms with Gasteiger partial charge in [0.25, 0.3) is 5.91 Å². The van der Waals surface area contributed by atoms with Crippen LogP contribution in [0.4, 0.5) is 0 Å². The standard InChI is InChI=1S/C8H11NO2/c1-5-4-7(8(10)9-3)11-6(5)2/h4H,1-3H3,(H,9,10). The molecule has 3 heteroatoms. The average molecular weight is 153 g/mol. The third-order valence-electron chi connectivity index (χ3n) is 1.62. The Balaban J connectivity index is 2.97. The first-order valence-electron chi connectivity index (χ1n) is 3.44. The number of hydrogen-bond acceptors (Lipinski definition) is 2. The zero-order valence-electron chi connectivity index (χ0n) is 6.89. The van der Waals surface area contributed by atoms with E-state index < -0.39 is 0 Å². The van der Waals surface area contributed by atoms with E-state index in [1.165, 1.54) is 0 Å². The summed E-state index contributed by atoms with van der Waals surface area (Å²) in [5.41, 5.74) is 1.00. The van der Waals surface area contributed by atoms with Crippen molar-refractivity contribution in [2.75, 3.05) is 7.05 Å². The van der Waals surface area contributed by atoms with Crippen LogP contribution >= 0.6 is 0 Å². The van der Waals surface area contributed by atoms with Gasteiger partial charge in [0, 0.05) is 7.05 Å². The molecule has 1 aromatic rings. The number of aryl methyl sites for hydroxylation is 2. The van der Waals surface area contributed by atoms with Crippen molar-refractivity contribution in [1.29, 1.82) is 0 Å². The Morgan fingerprint density at radius 2 is 2.18 bits per heavy atom. The summed E-state index contributed by atoms with van der Waals surface area (Å²) in [6.45, 7) is 3.74. The molecule has 1 heterocycles. The van der Waals surface area contributed by atoms with Gasteiger partial charge in [-0.25, -0.2) is 0 Å². The molecule has 0 aliphatic rings. The Hall–Kier alpha value is -1.25. The predicted octanol–water partition coefficient (Wildman–Crippen LogP) is 1.26. The van der Waals surface area contributed by atoms with Crippen molar-refractivity contribution in [3.63, 3.8) is 0 Å². The second-order valence-electron chi connectivity index (χ2n) is 2.43. The highest BCUT2D eigenvalue weighted by molar-refractivity contribution is 5.91. The molecule has 0 fully saturated rings. The molecule has 1 N–H and O–H groups in total. The van der Waals surface area contributed by atoms with E-state index in [1.54, 1.807) is 13.1 Å². The molecule has 1 amide bonds. The van der Waals surface area contributed by atoms with Gasteiger partial charge in [-0.05, 0) is 25.5 Å². The van der Waals surface area contributed by atoms with Gasteiger partial charge in [-0.15, -0.1) is 0 Å². The SMILES string of the molecule is CNC(=O)c1cc(C)c(C)o1. The summed E-state index contributed by atoms with van der Waals surface area (Å²) in [4.78, 5) is 11.0. The Labute approximate surface area is 65.4 Å². The van der Waals surface area contributed by atoms with Crippen LogP contribution in [0.3, 0.4) is 0 Å². The van der Waals surface area contributed by atoms with Crippen LogP contribution in [-0.2, 0) is 0 Å². The van der Waals surface area contributed by atoms with E-state index in [-0.39, 0.29) is 5.91 Å². The van der Waals surface area contributed by atoms with Crippen LogP contribution in [0.5, 0.6) is 0 Å². The molecule has 0 spiro atoms. The van der Waals surface area contributed by atoms with Crippen LogP contribution in [0.2, 0.25) is 0 Å². The first kappa shape index (κ1) is 7.85. The fraction of sp³-hybridized carbons (Fsp3) is 0.375. The monoisotopic (exact) mass is 153 g/mol. The summed E-state index contributed by atoms with van der Waals surface area (Å²) in [6, 6.07) is 1.73. The molecule has 60 valence electrons. The van der Waals surface area contributed by atoms with Crippen molar-refractivity contribution in [3.05, 3.63) is 23.2 Å². The minimum atomic E-state index is -0.179. The van der Waals surface area contributed by atoms with E-state index in [1.807, 2.05) is 13.8 Å². The Bertz CT molecular complexity index is 256. The van der Waals surface area contributed by atoms with Crippen molar-refractivity contribution in [3.8, 4) is 0 Å². The molecule has 1 aromatic heterocycles. The number of rotatable bonds is 1. The second-order valence-corrected chi connectivity index (χ2v) is 2.43. The number of amides is 1. The predicted molar refractivity (Wildman–Crippen MR) is 41.6 cm³/mol. The molecule has 0 bridgehead atoms. The van der Waals surface area contributed by atoms with Gasteiger partial charge in [0.15, 0.2) is 5.76 Å². The van der Waals surface area contributed by atoms with E-state index in [0.29, 0.717) is 5.76 Å². The zero-order valence-corrected chi connectivity index (χ0v) is 6.89. The van der Waals surface area contributed by atoms with Gasteiger partial charge in [0.05, 0.1) is 0 Å². The van der Waals surface area contributed by atoms with E-state index >= 15 is 0 Å². The molecule has 0 saturated carbocycles. The average Bonchev–Trinajstić information content (AvgIpc) is 2.31. The van der Waals surface area contributed by atoms with Gasteiger partial charge in [0.2, 0.25) is 0 Å². The summed E-state index contributed by atoms with van der Waals surface area (Å²) < 4.78 is 5.15. The number of carbonyl (C=O) groups excluding carboxylic acids is 1. The summed E-state index contributed by atoms with van der Waals surface area (Å²) in [5, 5.41) is 2.49. The van der Waals surface area contributed by atoms with Crippen molar-refractivity contribution in [2.24, 2.45) is 0 Å². The lowest BCUT2D eigenvalue weighted by atomic mass is 10.3. The molecule has 0 aliphatic carbocycles. The first-order valence-corrected chi connectivity index (χ1v) is 3.44. The molecule has 0 aliphatic heterocycles. The lowest BCUT2D eigenvalue weighted by Gasteiger charge is -1.91. The van der Waals surface area contributed by atoms with Crippen molar-refractivity contribution < 1.29 is 9.21 Å². The minimum Gasteiger partial charge on any atom is -0.456 e. The van der Waals surface area contributed by atoms with Gasteiger partial charge in [0.1, 0.15) is 5.76 Å².